The van der Waals surface area contributed by atoms with Gasteiger partial charge in [-0.1, -0.05) is 30.3 Å². The maximum absolute atomic E-state index is 5.49. The summed E-state index contributed by atoms with van der Waals surface area (Å²) in [6, 6.07) is 12.5. The standard InChI is InChI=1S/C20H24N6O/c1-15-23-18(17-8-10-27-13-17)11-19(24-15)21-12-20-25-22-14-26(20)9-7-16-5-3-2-4-6-16/h2-6,11,14,17H,7-10,12-13H2,1H3,(H,21,23,24)/t17-/m1/s1. The van der Waals surface area contributed by atoms with E-state index in [0.717, 1.165) is 55.8 Å². The van der Waals surface area contributed by atoms with Crippen LogP contribution in [0.15, 0.2) is 42.7 Å². The van der Waals surface area contributed by atoms with Gasteiger partial charge in [0.1, 0.15) is 18.0 Å². The first-order chi connectivity index (χ1) is 13.3. The topological polar surface area (TPSA) is 77.8 Å². The van der Waals surface area contributed by atoms with Crippen molar-refractivity contribution in [3.8, 4) is 0 Å². The maximum Gasteiger partial charge on any atom is 0.152 e. The van der Waals surface area contributed by atoms with Gasteiger partial charge in [0.15, 0.2) is 5.82 Å². The number of nitrogens with zero attached hydrogens (tertiary/aromatic N) is 5. The number of hydrogen-bond donors (Lipinski definition) is 1. The number of hydrogen-bond acceptors (Lipinski definition) is 6. The molecule has 0 spiro atoms. The van der Waals surface area contributed by atoms with Gasteiger partial charge >= 0.3 is 0 Å². The van der Waals surface area contributed by atoms with E-state index in [9.17, 15) is 0 Å². The zero-order valence-corrected chi connectivity index (χ0v) is 15.5. The van der Waals surface area contributed by atoms with Gasteiger partial charge in [-0.05, 0) is 25.3 Å². The van der Waals surface area contributed by atoms with Crippen LogP contribution in [0, 0.1) is 6.92 Å². The van der Waals surface area contributed by atoms with Crippen molar-refractivity contribution in [3.05, 3.63) is 65.6 Å². The highest BCUT2D eigenvalue weighted by molar-refractivity contribution is 5.37. The van der Waals surface area contributed by atoms with Crippen molar-refractivity contribution in [3.63, 3.8) is 0 Å². The predicted octanol–water partition coefficient (Wildman–Crippen LogP) is 2.74. The zero-order valence-electron chi connectivity index (χ0n) is 15.5. The van der Waals surface area contributed by atoms with Gasteiger partial charge in [-0.25, -0.2) is 9.97 Å². The SMILES string of the molecule is Cc1nc(NCc2nncn2CCc2ccccc2)cc([C@@H]2CCOC2)n1. The maximum atomic E-state index is 5.49. The zero-order chi connectivity index (χ0) is 18.5. The molecule has 0 bridgehead atoms. The second-order valence-corrected chi connectivity index (χ2v) is 6.82. The Bertz CT molecular complexity index is 873. The number of anilines is 1. The average Bonchev–Trinajstić information content (AvgIpc) is 3.37. The van der Waals surface area contributed by atoms with Crippen LogP contribution in [0.1, 0.15) is 35.2 Å². The molecule has 1 aliphatic heterocycles. The molecule has 0 amide bonds. The molecule has 0 unspecified atom stereocenters. The third-order valence-electron chi connectivity index (χ3n) is 4.81. The van der Waals surface area contributed by atoms with Crippen LogP contribution >= 0.6 is 0 Å². The van der Waals surface area contributed by atoms with Crippen molar-refractivity contribution in [2.75, 3.05) is 18.5 Å². The molecule has 140 valence electrons. The first kappa shape index (κ1) is 17.6. The van der Waals surface area contributed by atoms with Crippen LogP contribution in [-0.2, 0) is 24.2 Å². The molecule has 3 aromatic rings. The molecule has 4 rings (SSSR count). The van der Waals surface area contributed by atoms with Crippen LogP contribution in [0.25, 0.3) is 0 Å². The minimum Gasteiger partial charge on any atom is -0.381 e. The number of aromatic nitrogens is 5. The van der Waals surface area contributed by atoms with Crippen molar-refractivity contribution in [2.45, 2.75) is 38.8 Å². The van der Waals surface area contributed by atoms with Gasteiger partial charge in [0.25, 0.3) is 0 Å². The second-order valence-electron chi connectivity index (χ2n) is 6.82. The number of rotatable bonds is 7. The van der Waals surface area contributed by atoms with E-state index in [4.69, 9.17) is 4.74 Å². The molecule has 1 fully saturated rings. The molecule has 0 saturated carbocycles. The molecule has 27 heavy (non-hydrogen) atoms. The van der Waals surface area contributed by atoms with Crippen LogP contribution < -0.4 is 5.32 Å². The predicted molar refractivity (Wildman–Crippen MR) is 102 cm³/mol. The molecule has 3 heterocycles. The van der Waals surface area contributed by atoms with E-state index in [1.165, 1.54) is 5.56 Å². The largest absolute Gasteiger partial charge is 0.381 e. The van der Waals surface area contributed by atoms with E-state index in [1.54, 1.807) is 6.33 Å². The Morgan fingerprint density at radius 1 is 1.22 bits per heavy atom. The Morgan fingerprint density at radius 2 is 2.11 bits per heavy atom. The van der Waals surface area contributed by atoms with Crippen molar-refractivity contribution in [2.24, 2.45) is 0 Å². The summed E-state index contributed by atoms with van der Waals surface area (Å²) < 4.78 is 7.57. The first-order valence-electron chi connectivity index (χ1n) is 9.36. The van der Waals surface area contributed by atoms with Crippen molar-refractivity contribution in [1.29, 1.82) is 0 Å². The highest BCUT2D eigenvalue weighted by Crippen LogP contribution is 2.25. The van der Waals surface area contributed by atoms with Gasteiger partial charge in [-0.15, -0.1) is 10.2 Å². The van der Waals surface area contributed by atoms with Gasteiger partial charge in [-0.2, -0.15) is 0 Å². The molecule has 0 radical (unpaired) electrons. The smallest absolute Gasteiger partial charge is 0.152 e. The highest BCUT2D eigenvalue weighted by Gasteiger charge is 2.20. The van der Waals surface area contributed by atoms with Crippen molar-refractivity contribution < 1.29 is 4.74 Å². The van der Waals surface area contributed by atoms with E-state index < -0.39 is 0 Å². The molecule has 1 atom stereocenters. The summed E-state index contributed by atoms with van der Waals surface area (Å²) in [5, 5.41) is 11.7. The summed E-state index contributed by atoms with van der Waals surface area (Å²) in [5.74, 6) is 2.85. The molecule has 7 nitrogen and oxygen atoms in total. The van der Waals surface area contributed by atoms with E-state index in [0.29, 0.717) is 12.5 Å². The third-order valence-corrected chi connectivity index (χ3v) is 4.81. The molecule has 7 heteroatoms. The number of ether oxygens (including phenoxy) is 1. The molecule has 0 aliphatic carbocycles. The summed E-state index contributed by atoms with van der Waals surface area (Å²) in [5.41, 5.74) is 2.35. The van der Waals surface area contributed by atoms with E-state index in [1.807, 2.05) is 19.1 Å². The first-order valence-corrected chi connectivity index (χ1v) is 9.36. The van der Waals surface area contributed by atoms with Gasteiger partial charge in [0.2, 0.25) is 0 Å². The molecular weight excluding hydrogens is 340 g/mol. The molecule has 1 aliphatic rings. The lowest BCUT2D eigenvalue weighted by Gasteiger charge is -2.12. The number of benzene rings is 1. The van der Waals surface area contributed by atoms with Crippen LogP contribution in [0.5, 0.6) is 0 Å². The van der Waals surface area contributed by atoms with E-state index in [-0.39, 0.29) is 0 Å². The Balaban J connectivity index is 1.40. The average molecular weight is 364 g/mol. The Labute approximate surface area is 158 Å². The molecule has 1 aromatic carbocycles. The minimum absolute atomic E-state index is 0.363. The second kappa shape index (κ2) is 8.26. The molecular formula is C20H24N6O. The fourth-order valence-corrected chi connectivity index (χ4v) is 3.32. The van der Waals surface area contributed by atoms with E-state index >= 15 is 0 Å². The Morgan fingerprint density at radius 3 is 2.93 bits per heavy atom. The van der Waals surface area contributed by atoms with Crippen LogP contribution in [0.4, 0.5) is 5.82 Å². The fraction of sp³-hybridized carbons (Fsp3) is 0.400. The number of nitrogens with one attached hydrogen (secondary N) is 1. The summed E-state index contributed by atoms with van der Waals surface area (Å²) in [7, 11) is 0. The quantitative estimate of drug-likeness (QED) is 0.695. The molecule has 1 N–H and O–H groups in total. The van der Waals surface area contributed by atoms with Gasteiger partial charge < -0.3 is 14.6 Å². The lowest BCUT2D eigenvalue weighted by molar-refractivity contribution is 0.193. The van der Waals surface area contributed by atoms with Gasteiger partial charge in [0, 0.05) is 25.1 Å². The third kappa shape index (κ3) is 4.49. The monoisotopic (exact) mass is 364 g/mol. The summed E-state index contributed by atoms with van der Waals surface area (Å²) in [6.07, 6.45) is 3.75. The van der Waals surface area contributed by atoms with Crippen LogP contribution in [0.2, 0.25) is 0 Å². The number of aryl methyl sites for hydroxylation is 3. The van der Waals surface area contributed by atoms with E-state index in [2.05, 4.69) is 54.3 Å². The van der Waals surface area contributed by atoms with Crippen LogP contribution in [-0.4, -0.2) is 37.9 Å². The molecule has 2 aromatic heterocycles. The Kier molecular flexibility index (Phi) is 5.39. The Hall–Kier alpha value is -2.80. The van der Waals surface area contributed by atoms with Gasteiger partial charge in [0.05, 0.1) is 18.8 Å². The molecule has 1 saturated heterocycles. The van der Waals surface area contributed by atoms with Crippen molar-refractivity contribution in [1.82, 2.24) is 24.7 Å². The van der Waals surface area contributed by atoms with Crippen molar-refractivity contribution >= 4 is 5.82 Å². The lowest BCUT2D eigenvalue weighted by atomic mass is 10.0. The normalized spacial score (nSPS) is 16.6. The lowest BCUT2D eigenvalue weighted by Crippen LogP contribution is -2.12. The fourth-order valence-electron chi connectivity index (χ4n) is 3.32. The highest BCUT2D eigenvalue weighted by atomic mass is 16.5. The summed E-state index contributed by atoms with van der Waals surface area (Å²) in [4.78, 5) is 9.08. The summed E-state index contributed by atoms with van der Waals surface area (Å²) in [6.45, 7) is 4.89. The summed E-state index contributed by atoms with van der Waals surface area (Å²) >= 11 is 0. The minimum atomic E-state index is 0.363. The van der Waals surface area contributed by atoms with Crippen LogP contribution in [0.3, 0.4) is 0 Å². The van der Waals surface area contributed by atoms with Gasteiger partial charge in [-0.3, -0.25) is 0 Å².